The summed E-state index contributed by atoms with van der Waals surface area (Å²) in [6.45, 7) is -1.99. The van der Waals surface area contributed by atoms with Crippen molar-refractivity contribution in [2.24, 2.45) is 0 Å². The average molecular weight is 321 g/mol. The second-order valence-corrected chi connectivity index (χ2v) is 6.85. The maximum absolute atomic E-state index is 9.10. The maximum atomic E-state index is 9.10. The lowest BCUT2D eigenvalue weighted by molar-refractivity contribution is -0.0579. The number of hydrazine groups is 2. The summed E-state index contributed by atoms with van der Waals surface area (Å²) in [5.41, 5.74) is 3.50. The zero-order chi connectivity index (χ0) is 14.0. The van der Waals surface area contributed by atoms with Crippen LogP contribution in [0.1, 0.15) is 6.92 Å². The van der Waals surface area contributed by atoms with Crippen LogP contribution in [0.25, 0.3) is 0 Å². The van der Waals surface area contributed by atoms with Crippen LogP contribution < -0.4 is 10.5 Å². The molecule has 0 saturated carbocycles. The van der Waals surface area contributed by atoms with Crippen LogP contribution in [0, 0.1) is 0 Å². The normalized spacial score (nSPS) is 15.9. The summed E-state index contributed by atoms with van der Waals surface area (Å²) in [6, 6.07) is 1.71. The SMILES string of the molecule is CSc1nccc(N2NN(OP(O)(O)=S)C=C2C)n1. The van der Waals surface area contributed by atoms with Gasteiger partial charge in [-0.15, -0.1) is 5.53 Å². The second-order valence-electron chi connectivity index (χ2n) is 3.51. The van der Waals surface area contributed by atoms with E-state index < -0.39 is 6.72 Å². The number of allylic oxidation sites excluding steroid dienone is 1. The van der Waals surface area contributed by atoms with Gasteiger partial charge in [0.25, 0.3) is 0 Å². The van der Waals surface area contributed by atoms with Gasteiger partial charge in [-0.1, -0.05) is 11.8 Å². The fourth-order valence-electron chi connectivity index (χ4n) is 1.38. The molecule has 1 aromatic rings. The van der Waals surface area contributed by atoms with Gasteiger partial charge in [0.1, 0.15) is 0 Å². The maximum Gasteiger partial charge on any atom is 0.345 e. The van der Waals surface area contributed by atoms with Crippen molar-refractivity contribution < 1.29 is 14.4 Å². The number of hydroxylamine groups is 1. The lowest BCUT2D eigenvalue weighted by Crippen LogP contribution is -2.40. The Hall–Kier alpha value is -0.740. The number of thioether (sulfide) groups is 1. The highest BCUT2D eigenvalue weighted by Crippen LogP contribution is 2.38. The van der Waals surface area contributed by atoms with Crippen LogP contribution in [0.3, 0.4) is 0 Å². The number of hydrogen-bond acceptors (Lipinski definition) is 8. The largest absolute Gasteiger partial charge is 0.345 e. The van der Waals surface area contributed by atoms with E-state index in [4.69, 9.17) is 14.4 Å². The zero-order valence-corrected chi connectivity index (χ0v) is 12.6. The summed E-state index contributed by atoms with van der Waals surface area (Å²) in [4.78, 5) is 26.6. The highest BCUT2D eigenvalue weighted by Gasteiger charge is 2.24. The Morgan fingerprint density at radius 3 is 2.89 bits per heavy atom. The second kappa shape index (κ2) is 5.71. The molecule has 0 aromatic carbocycles. The fourth-order valence-corrected chi connectivity index (χ4v) is 2.26. The summed E-state index contributed by atoms with van der Waals surface area (Å²) in [6.07, 6.45) is 5.03. The van der Waals surface area contributed by atoms with Crippen molar-refractivity contribution in [3.05, 3.63) is 24.2 Å². The fraction of sp³-hybridized carbons (Fsp3) is 0.250. The van der Waals surface area contributed by atoms with Crippen molar-refractivity contribution in [1.82, 2.24) is 20.7 Å². The summed E-state index contributed by atoms with van der Waals surface area (Å²) in [5, 5.41) is 3.27. The lowest BCUT2D eigenvalue weighted by Gasteiger charge is -2.23. The molecule has 0 spiro atoms. The number of hydrogen-bond donors (Lipinski definition) is 3. The van der Waals surface area contributed by atoms with E-state index in [2.05, 4.69) is 27.3 Å². The van der Waals surface area contributed by atoms with Crippen molar-refractivity contribution in [3.63, 3.8) is 0 Å². The van der Waals surface area contributed by atoms with E-state index in [-0.39, 0.29) is 0 Å². The molecule has 0 amide bonds. The van der Waals surface area contributed by atoms with Crippen molar-refractivity contribution >= 4 is 36.1 Å². The van der Waals surface area contributed by atoms with Gasteiger partial charge in [-0.3, -0.25) is 0 Å². The molecule has 2 rings (SSSR count). The molecule has 0 unspecified atom stereocenters. The van der Waals surface area contributed by atoms with Crippen LogP contribution in [-0.2, 0) is 16.4 Å². The van der Waals surface area contributed by atoms with Gasteiger partial charge >= 0.3 is 6.72 Å². The predicted molar refractivity (Wildman–Crippen MR) is 74.8 cm³/mol. The van der Waals surface area contributed by atoms with Gasteiger partial charge in [0.2, 0.25) is 0 Å². The van der Waals surface area contributed by atoms with Crippen molar-refractivity contribution in [2.45, 2.75) is 12.1 Å². The molecule has 0 radical (unpaired) electrons. The molecule has 104 valence electrons. The van der Waals surface area contributed by atoms with E-state index in [1.165, 1.54) is 18.0 Å². The highest BCUT2D eigenvalue weighted by molar-refractivity contribution is 8.06. The molecular weight excluding hydrogens is 309 g/mol. The molecule has 1 aliphatic rings. The zero-order valence-electron chi connectivity index (χ0n) is 10.1. The molecule has 1 aliphatic heterocycles. The van der Waals surface area contributed by atoms with Crippen LogP contribution in [0.4, 0.5) is 5.82 Å². The molecule has 0 aliphatic carbocycles. The van der Waals surface area contributed by atoms with Gasteiger partial charge in [0.15, 0.2) is 11.0 Å². The molecule has 11 heteroatoms. The third kappa shape index (κ3) is 3.86. The third-order valence-electron chi connectivity index (χ3n) is 2.08. The van der Waals surface area contributed by atoms with Crippen molar-refractivity contribution in [3.8, 4) is 0 Å². The Balaban J connectivity index is 2.15. The van der Waals surface area contributed by atoms with Gasteiger partial charge in [-0.25, -0.2) is 15.0 Å². The van der Waals surface area contributed by atoms with E-state index in [1.54, 1.807) is 24.2 Å². The van der Waals surface area contributed by atoms with E-state index in [0.717, 1.165) is 10.9 Å². The molecule has 3 N–H and O–H groups in total. The van der Waals surface area contributed by atoms with Gasteiger partial charge in [-0.2, -0.15) is 9.80 Å². The van der Waals surface area contributed by atoms with Crippen LogP contribution >= 0.6 is 18.5 Å². The lowest BCUT2D eigenvalue weighted by atomic mass is 10.5. The Labute approximate surface area is 119 Å². The monoisotopic (exact) mass is 321 g/mol. The van der Waals surface area contributed by atoms with Crippen LogP contribution in [-0.4, -0.2) is 31.2 Å². The molecular formula is C8H12N5O3PS2. The Morgan fingerprint density at radius 2 is 2.26 bits per heavy atom. The molecule has 1 aromatic heterocycles. The minimum Gasteiger partial charge on any atom is -0.323 e. The van der Waals surface area contributed by atoms with Gasteiger partial charge < -0.3 is 9.79 Å². The minimum absolute atomic E-state index is 0.600. The molecule has 0 saturated heterocycles. The first kappa shape index (κ1) is 14.7. The first-order valence-electron chi connectivity index (χ1n) is 5.05. The Morgan fingerprint density at radius 1 is 1.53 bits per heavy atom. The van der Waals surface area contributed by atoms with Crippen LogP contribution in [0.2, 0.25) is 0 Å². The van der Waals surface area contributed by atoms with E-state index in [9.17, 15) is 0 Å². The van der Waals surface area contributed by atoms with Crippen molar-refractivity contribution in [1.29, 1.82) is 0 Å². The standard InChI is InChI=1S/C8H12N5O3PS2/c1-6-5-12(16-17(14,15)18)11-13(6)7-3-4-9-8(10-7)19-2/h3-5,11H,1-2H3,(H2,14,15,18). The highest BCUT2D eigenvalue weighted by atomic mass is 32.5. The number of rotatable bonds is 4. The average Bonchev–Trinajstić information content (AvgIpc) is 2.68. The van der Waals surface area contributed by atoms with Crippen LogP contribution in [0.15, 0.2) is 29.3 Å². The minimum atomic E-state index is -3.79. The summed E-state index contributed by atoms with van der Waals surface area (Å²) in [7, 11) is 0. The van der Waals surface area contributed by atoms with E-state index >= 15 is 0 Å². The number of aromatic nitrogens is 2. The van der Waals surface area contributed by atoms with Gasteiger partial charge in [-0.05, 0) is 25.0 Å². The number of nitrogens with one attached hydrogen (secondary N) is 1. The Bertz CT molecular complexity index is 551. The first-order chi connectivity index (χ1) is 8.89. The van der Waals surface area contributed by atoms with Crippen LogP contribution in [0.5, 0.6) is 0 Å². The Kier molecular flexibility index (Phi) is 4.41. The van der Waals surface area contributed by atoms with E-state index in [1.807, 2.05) is 6.26 Å². The van der Waals surface area contributed by atoms with E-state index in [0.29, 0.717) is 11.0 Å². The summed E-state index contributed by atoms with van der Waals surface area (Å²) >= 11 is 5.82. The van der Waals surface area contributed by atoms with Gasteiger partial charge in [0.05, 0.1) is 11.9 Å². The molecule has 8 nitrogen and oxygen atoms in total. The topological polar surface area (TPSA) is 94.0 Å². The van der Waals surface area contributed by atoms with Gasteiger partial charge in [0, 0.05) is 12.3 Å². The molecule has 0 bridgehead atoms. The summed E-state index contributed by atoms with van der Waals surface area (Å²) < 4.78 is 4.77. The molecule has 2 heterocycles. The first-order valence-corrected chi connectivity index (χ1v) is 8.90. The number of anilines is 1. The smallest absolute Gasteiger partial charge is 0.323 e. The number of nitrogens with zero attached hydrogens (tertiary/aromatic N) is 4. The molecule has 0 fully saturated rings. The third-order valence-corrected chi connectivity index (χ3v) is 3.23. The molecule has 0 atom stereocenters. The quantitative estimate of drug-likeness (QED) is 0.419. The predicted octanol–water partition coefficient (Wildman–Crippen LogP) is 0.742. The summed E-state index contributed by atoms with van der Waals surface area (Å²) in [5.74, 6) is 0.600. The van der Waals surface area contributed by atoms with Crippen molar-refractivity contribution in [2.75, 3.05) is 11.3 Å². The molecule has 19 heavy (non-hydrogen) atoms.